The Kier molecular flexibility index (Phi) is 3.63. The third-order valence-corrected chi connectivity index (χ3v) is 5.35. The monoisotopic (exact) mass is 278 g/mol. The van der Waals surface area contributed by atoms with Crippen LogP contribution in [0.3, 0.4) is 0 Å². The van der Waals surface area contributed by atoms with E-state index >= 15 is 0 Å². The van der Waals surface area contributed by atoms with Gasteiger partial charge < -0.3 is 4.90 Å². The lowest BCUT2D eigenvalue weighted by atomic mass is 9.86. The summed E-state index contributed by atoms with van der Waals surface area (Å²) in [6.45, 7) is 4.29. The lowest BCUT2D eigenvalue weighted by Crippen LogP contribution is -2.42. The van der Waals surface area contributed by atoms with Gasteiger partial charge in [-0.1, -0.05) is 25.8 Å². The number of carbonyl (C=O) groups is 1. The average Bonchev–Trinajstić information content (AvgIpc) is 2.99. The first kappa shape index (κ1) is 13.1. The van der Waals surface area contributed by atoms with Gasteiger partial charge in [-0.05, 0) is 37.1 Å². The Morgan fingerprint density at radius 3 is 2.89 bits per heavy atom. The fraction of sp³-hybridized carbons (Fsp3) is 0.667. The molecule has 1 saturated carbocycles. The minimum atomic E-state index is -0.0515. The smallest absolute Gasteiger partial charge is 0.241 e. The van der Waals surface area contributed by atoms with Crippen molar-refractivity contribution in [2.45, 2.75) is 57.8 Å². The number of thiophene rings is 1. The SMILES string of the molecule is CC1CCCC(N2C(=O)C(C)NC2c2cccs2)C1. The molecule has 1 amide bonds. The van der Waals surface area contributed by atoms with Crippen molar-refractivity contribution >= 4 is 17.2 Å². The van der Waals surface area contributed by atoms with Crippen LogP contribution in [0.2, 0.25) is 0 Å². The third kappa shape index (κ3) is 2.43. The van der Waals surface area contributed by atoms with Gasteiger partial charge in [0.05, 0.1) is 6.04 Å². The molecule has 4 heteroatoms. The first-order chi connectivity index (χ1) is 9.16. The fourth-order valence-corrected chi connectivity index (χ4v) is 4.23. The molecule has 19 heavy (non-hydrogen) atoms. The van der Waals surface area contributed by atoms with Crippen LogP contribution < -0.4 is 5.32 Å². The summed E-state index contributed by atoms with van der Waals surface area (Å²) in [5, 5.41) is 5.54. The number of rotatable bonds is 2. The first-order valence-corrected chi connectivity index (χ1v) is 8.16. The van der Waals surface area contributed by atoms with Gasteiger partial charge in [0.1, 0.15) is 6.17 Å². The Morgan fingerprint density at radius 1 is 1.37 bits per heavy atom. The van der Waals surface area contributed by atoms with E-state index in [1.165, 1.54) is 17.7 Å². The quantitative estimate of drug-likeness (QED) is 0.901. The molecule has 1 N–H and O–H groups in total. The zero-order chi connectivity index (χ0) is 13.4. The minimum absolute atomic E-state index is 0.0515. The van der Waals surface area contributed by atoms with Crippen LogP contribution in [0.25, 0.3) is 0 Å². The van der Waals surface area contributed by atoms with Crippen LogP contribution in [-0.4, -0.2) is 22.9 Å². The Balaban J connectivity index is 1.85. The zero-order valence-electron chi connectivity index (χ0n) is 11.6. The van der Waals surface area contributed by atoms with E-state index < -0.39 is 0 Å². The summed E-state index contributed by atoms with van der Waals surface area (Å²) in [5.74, 6) is 1.02. The van der Waals surface area contributed by atoms with E-state index in [2.05, 4.69) is 34.7 Å². The van der Waals surface area contributed by atoms with Gasteiger partial charge in [0.2, 0.25) is 5.91 Å². The topological polar surface area (TPSA) is 32.3 Å². The van der Waals surface area contributed by atoms with E-state index in [4.69, 9.17) is 0 Å². The molecule has 1 aromatic rings. The summed E-state index contributed by atoms with van der Waals surface area (Å²) in [7, 11) is 0. The summed E-state index contributed by atoms with van der Waals surface area (Å²) in [4.78, 5) is 15.9. The Morgan fingerprint density at radius 2 is 2.21 bits per heavy atom. The molecule has 3 rings (SSSR count). The van der Waals surface area contributed by atoms with Gasteiger partial charge in [0.25, 0.3) is 0 Å². The molecule has 2 heterocycles. The van der Waals surface area contributed by atoms with Gasteiger partial charge in [0.15, 0.2) is 0 Å². The summed E-state index contributed by atoms with van der Waals surface area (Å²) < 4.78 is 0. The van der Waals surface area contributed by atoms with Crippen molar-refractivity contribution in [2.75, 3.05) is 0 Å². The van der Waals surface area contributed by atoms with Crippen LogP contribution in [0.1, 0.15) is 50.6 Å². The maximum Gasteiger partial charge on any atom is 0.241 e. The number of nitrogens with zero attached hydrogens (tertiary/aromatic N) is 1. The Bertz CT molecular complexity index is 445. The summed E-state index contributed by atoms with van der Waals surface area (Å²) in [6, 6.07) is 4.56. The lowest BCUT2D eigenvalue weighted by Gasteiger charge is -2.37. The van der Waals surface area contributed by atoms with Gasteiger partial charge in [-0.25, -0.2) is 0 Å². The number of amides is 1. The van der Waals surface area contributed by atoms with Crippen LogP contribution in [0, 0.1) is 5.92 Å². The molecule has 4 atom stereocenters. The van der Waals surface area contributed by atoms with E-state index in [-0.39, 0.29) is 18.1 Å². The van der Waals surface area contributed by atoms with E-state index in [1.807, 2.05) is 6.92 Å². The van der Waals surface area contributed by atoms with E-state index in [0.29, 0.717) is 6.04 Å². The Labute approximate surface area is 119 Å². The molecule has 0 radical (unpaired) electrons. The van der Waals surface area contributed by atoms with Crippen molar-refractivity contribution in [3.63, 3.8) is 0 Å². The first-order valence-electron chi connectivity index (χ1n) is 7.28. The highest BCUT2D eigenvalue weighted by Crippen LogP contribution is 2.36. The second kappa shape index (κ2) is 5.25. The number of hydrogen-bond donors (Lipinski definition) is 1. The molecule has 0 spiro atoms. The molecule has 2 fully saturated rings. The molecule has 1 saturated heterocycles. The highest BCUT2D eigenvalue weighted by molar-refractivity contribution is 7.10. The van der Waals surface area contributed by atoms with Gasteiger partial charge in [0, 0.05) is 10.9 Å². The molecule has 0 bridgehead atoms. The molecule has 1 aliphatic heterocycles. The molecular formula is C15H22N2OS. The van der Waals surface area contributed by atoms with Gasteiger partial charge >= 0.3 is 0 Å². The summed E-state index contributed by atoms with van der Waals surface area (Å²) in [5.41, 5.74) is 0. The van der Waals surface area contributed by atoms with Crippen molar-refractivity contribution < 1.29 is 4.79 Å². The van der Waals surface area contributed by atoms with Crippen molar-refractivity contribution in [1.29, 1.82) is 0 Å². The Hall–Kier alpha value is -0.870. The highest BCUT2D eigenvalue weighted by Gasteiger charge is 2.42. The molecule has 0 aromatic carbocycles. The number of hydrogen-bond acceptors (Lipinski definition) is 3. The molecule has 1 aliphatic carbocycles. The van der Waals surface area contributed by atoms with E-state index in [9.17, 15) is 4.79 Å². The van der Waals surface area contributed by atoms with Crippen LogP contribution in [0.15, 0.2) is 17.5 Å². The molecule has 2 aliphatic rings. The number of carbonyl (C=O) groups excluding carboxylic acids is 1. The normalized spacial score (nSPS) is 35.9. The van der Waals surface area contributed by atoms with E-state index in [0.717, 1.165) is 18.8 Å². The molecule has 104 valence electrons. The third-order valence-electron chi connectivity index (χ3n) is 4.43. The van der Waals surface area contributed by atoms with Crippen molar-refractivity contribution in [3.8, 4) is 0 Å². The summed E-state index contributed by atoms with van der Waals surface area (Å²) >= 11 is 1.74. The van der Waals surface area contributed by atoms with E-state index in [1.54, 1.807) is 11.3 Å². The molecular weight excluding hydrogens is 256 g/mol. The predicted octanol–water partition coefficient (Wildman–Crippen LogP) is 3.15. The zero-order valence-corrected chi connectivity index (χ0v) is 12.5. The van der Waals surface area contributed by atoms with Gasteiger partial charge in [-0.3, -0.25) is 10.1 Å². The predicted molar refractivity (Wildman–Crippen MR) is 77.9 cm³/mol. The maximum atomic E-state index is 12.5. The van der Waals surface area contributed by atoms with Crippen molar-refractivity contribution in [2.24, 2.45) is 5.92 Å². The molecule has 3 nitrogen and oxygen atoms in total. The minimum Gasteiger partial charge on any atom is -0.318 e. The fourth-order valence-electron chi connectivity index (χ4n) is 3.45. The maximum absolute atomic E-state index is 12.5. The molecule has 1 aromatic heterocycles. The van der Waals surface area contributed by atoms with Crippen LogP contribution in [-0.2, 0) is 4.79 Å². The van der Waals surface area contributed by atoms with Gasteiger partial charge in [-0.15, -0.1) is 11.3 Å². The van der Waals surface area contributed by atoms with Crippen molar-refractivity contribution in [1.82, 2.24) is 10.2 Å². The highest BCUT2D eigenvalue weighted by atomic mass is 32.1. The number of nitrogens with one attached hydrogen (secondary N) is 1. The van der Waals surface area contributed by atoms with Crippen molar-refractivity contribution in [3.05, 3.63) is 22.4 Å². The lowest BCUT2D eigenvalue weighted by molar-refractivity contribution is -0.133. The van der Waals surface area contributed by atoms with Gasteiger partial charge in [-0.2, -0.15) is 0 Å². The second-order valence-corrected chi connectivity index (χ2v) is 6.96. The van der Waals surface area contributed by atoms with Crippen LogP contribution in [0.5, 0.6) is 0 Å². The second-order valence-electron chi connectivity index (χ2n) is 5.98. The molecule has 4 unspecified atom stereocenters. The van der Waals surface area contributed by atoms with Crippen LogP contribution in [0.4, 0.5) is 0 Å². The van der Waals surface area contributed by atoms with Crippen LogP contribution >= 0.6 is 11.3 Å². The average molecular weight is 278 g/mol. The largest absolute Gasteiger partial charge is 0.318 e. The summed E-state index contributed by atoms with van der Waals surface area (Å²) in [6.07, 6.45) is 4.97. The standard InChI is InChI=1S/C15H22N2OS/c1-10-5-3-6-12(9-10)17-14(13-7-4-8-19-13)16-11(2)15(17)18/h4,7-8,10-12,14,16H,3,5-6,9H2,1-2H3.